The Morgan fingerprint density at radius 1 is 1.60 bits per heavy atom. The molecule has 0 amide bonds. The van der Waals surface area contributed by atoms with E-state index in [0.717, 1.165) is 0 Å². The lowest BCUT2D eigenvalue weighted by Gasteiger charge is -2.43. The molecule has 4 N–H and O–H groups in total. The molecule has 0 radical (unpaired) electrons. The van der Waals surface area contributed by atoms with E-state index >= 15 is 0 Å². The lowest BCUT2D eigenvalue weighted by molar-refractivity contribution is -0.101. The molecule has 1 aliphatic heterocycles. The van der Waals surface area contributed by atoms with Crippen molar-refractivity contribution in [1.82, 2.24) is 4.98 Å². The van der Waals surface area contributed by atoms with Crippen LogP contribution in [0.3, 0.4) is 0 Å². The van der Waals surface area contributed by atoms with E-state index in [9.17, 15) is 9.90 Å². The van der Waals surface area contributed by atoms with E-state index in [1.54, 1.807) is 0 Å². The number of nitrogens with zero attached hydrogens (tertiary/aromatic N) is 2. The summed E-state index contributed by atoms with van der Waals surface area (Å²) in [5.74, 6) is -0.683. The number of aliphatic hydroxyl groups excluding tert-OH is 1. The van der Waals surface area contributed by atoms with Crippen molar-refractivity contribution in [3.05, 3.63) is 17.8 Å². The molecular weight excluding hydrogens is 262 g/mol. The number of aromatic nitrogens is 1. The number of carboxylic acid groups (broad SMARTS) is 1. The molecule has 1 aliphatic rings. The third-order valence-corrected chi connectivity index (χ3v) is 3.11. The molecular formula is C13H19N3O4. The summed E-state index contributed by atoms with van der Waals surface area (Å²) in [6.45, 7) is 4.63. The molecule has 7 nitrogen and oxygen atoms in total. The monoisotopic (exact) mass is 281 g/mol. The lowest BCUT2D eigenvalue weighted by Crippen LogP contribution is -2.54. The topological polar surface area (TPSA) is 109 Å². The number of nitrogen functional groups attached to an aromatic ring is 1. The van der Waals surface area contributed by atoms with Crippen LogP contribution in [0.15, 0.2) is 12.1 Å². The average Bonchev–Trinajstić information content (AvgIpc) is 2.36. The molecule has 1 saturated heterocycles. The molecule has 1 fully saturated rings. The zero-order chi connectivity index (χ0) is 14.9. The van der Waals surface area contributed by atoms with Gasteiger partial charge in [-0.05, 0) is 26.0 Å². The molecule has 2 heterocycles. The highest BCUT2D eigenvalue weighted by Gasteiger charge is 2.34. The summed E-state index contributed by atoms with van der Waals surface area (Å²) in [7, 11) is 0. The van der Waals surface area contributed by atoms with E-state index in [4.69, 9.17) is 15.6 Å². The van der Waals surface area contributed by atoms with Crippen molar-refractivity contribution >= 4 is 17.5 Å². The van der Waals surface area contributed by atoms with Gasteiger partial charge in [0, 0.05) is 13.1 Å². The number of hydrogen-bond donors (Lipinski definition) is 3. The molecule has 0 spiro atoms. The van der Waals surface area contributed by atoms with Crippen molar-refractivity contribution in [2.45, 2.75) is 25.6 Å². The molecule has 7 heteroatoms. The standard InChI is InChI=1S/C13H19N3O4/c1-13(2)7-16(5-8(6-17)20-13)11-9(14)3-4-10(15-11)12(18)19/h3-4,8,17H,5-7,14H2,1-2H3,(H,18,19). The molecule has 0 saturated carbocycles. The number of nitrogens with two attached hydrogens (primary N) is 1. The van der Waals surface area contributed by atoms with Crippen molar-refractivity contribution in [2.24, 2.45) is 0 Å². The highest BCUT2D eigenvalue weighted by molar-refractivity contribution is 5.87. The van der Waals surface area contributed by atoms with Gasteiger partial charge in [0.1, 0.15) is 0 Å². The quantitative estimate of drug-likeness (QED) is 0.732. The number of carbonyl (C=O) groups is 1. The molecule has 0 bridgehead atoms. The summed E-state index contributed by atoms with van der Waals surface area (Å²) in [6, 6.07) is 2.90. The van der Waals surface area contributed by atoms with Crippen LogP contribution >= 0.6 is 0 Å². The number of ether oxygens (including phenoxy) is 1. The van der Waals surface area contributed by atoms with Crippen molar-refractivity contribution in [2.75, 3.05) is 30.3 Å². The maximum atomic E-state index is 11.0. The van der Waals surface area contributed by atoms with Crippen LogP contribution in [0.5, 0.6) is 0 Å². The summed E-state index contributed by atoms with van der Waals surface area (Å²) in [5.41, 5.74) is 5.77. The van der Waals surface area contributed by atoms with Crippen LogP contribution in [0, 0.1) is 0 Å². The van der Waals surface area contributed by atoms with Crippen molar-refractivity contribution in [1.29, 1.82) is 0 Å². The van der Waals surface area contributed by atoms with Gasteiger partial charge < -0.3 is 25.6 Å². The zero-order valence-corrected chi connectivity index (χ0v) is 11.5. The molecule has 0 aromatic carbocycles. The van der Waals surface area contributed by atoms with Gasteiger partial charge in [-0.25, -0.2) is 9.78 Å². The van der Waals surface area contributed by atoms with E-state index in [-0.39, 0.29) is 18.4 Å². The second-order valence-corrected chi connectivity index (χ2v) is 5.48. The van der Waals surface area contributed by atoms with Gasteiger partial charge in [-0.2, -0.15) is 0 Å². The number of aromatic carboxylic acids is 1. The van der Waals surface area contributed by atoms with E-state index in [0.29, 0.717) is 24.6 Å². The molecule has 1 aromatic rings. The summed E-state index contributed by atoms with van der Waals surface area (Å²) in [4.78, 5) is 17.0. The number of carboxylic acids is 1. The number of aliphatic hydroxyl groups is 1. The largest absolute Gasteiger partial charge is 0.477 e. The molecule has 1 aromatic heterocycles. The molecule has 0 aliphatic carbocycles. The smallest absolute Gasteiger partial charge is 0.354 e. The minimum absolute atomic E-state index is 0.0564. The van der Waals surface area contributed by atoms with Crippen molar-refractivity contribution in [3.8, 4) is 0 Å². The molecule has 20 heavy (non-hydrogen) atoms. The average molecular weight is 281 g/mol. The van der Waals surface area contributed by atoms with E-state index in [1.165, 1.54) is 12.1 Å². The summed E-state index contributed by atoms with van der Waals surface area (Å²) < 4.78 is 5.72. The first-order chi connectivity index (χ1) is 9.32. The van der Waals surface area contributed by atoms with Crippen molar-refractivity contribution in [3.63, 3.8) is 0 Å². The van der Waals surface area contributed by atoms with Gasteiger partial charge in [0.05, 0.1) is 24.0 Å². The molecule has 1 unspecified atom stereocenters. The second-order valence-electron chi connectivity index (χ2n) is 5.48. The Morgan fingerprint density at radius 3 is 2.90 bits per heavy atom. The SMILES string of the molecule is CC1(C)CN(c2nc(C(=O)O)ccc2N)CC(CO)O1. The Labute approximate surface area is 117 Å². The van der Waals surface area contributed by atoms with Gasteiger partial charge in [0.25, 0.3) is 0 Å². The van der Waals surface area contributed by atoms with E-state index in [1.807, 2.05) is 18.7 Å². The highest BCUT2D eigenvalue weighted by Crippen LogP contribution is 2.28. The summed E-state index contributed by atoms with van der Waals surface area (Å²) >= 11 is 0. The third-order valence-electron chi connectivity index (χ3n) is 3.11. The van der Waals surface area contributed by atoms with E-state index in [2.05, 4.69) is 4.98 Å². The Hall–Kier alpha value is -1.86. The fourth-order valence-electron chi connectivity index (χ4n) is 2.38. The van der Waals surface area contributed by atoms with Gasteiger partial charge in [-0.1, -0.05) is 0 Å². The number of hydrogen-bond acceptors (Lipinski definition) is 6. The number of pyridine rings is 1. The summed E-state index contributed by atoms with van der Waals surface area (Å²) in [6.07, 6.45) is -0.353. The molecule has 110 valence electrons. The molecule has 1 atom stereocenters. The van der Waals surface area contributed by atoms with Crippen LogP contribution in [0.1, 0.15) is 24.3 Å². The van der Waals surface area contributed by atoms with Crippen LogP contribution in [0.4, 0.5) is 11.5 Å². The van der Waals surface area contributed by atoms with Gasteiger partial charge in [0.15, 0.2) is 11.5 Å². The number of morpholine rings is 1. The maximum absolute atomic E-state index is 11.0. The third kappa shape index (κ3) is 3.00. The Bertz CT molecular complexity index is 518. The fourth-order valence-corrected chi connectivity index (χ4v) is 2.38. The first kappa shape index (κ1) is 14.5. The highest BCUT2D eigenvalue weighted by atomic mass is 16.5. The summed E-state index contributed by atoms with van der Waals surface area (Å²) in [5, 5.41) is 18.3. The first-order valence-electron chi connectivity index (χ1n) is 6.36. The van der Waals surface area contributed by atoms with Gasteiger partial charge in [-0.3, -0.25) is 0 Å². The lowest BCUT2D eigenvalue weighted by atomic mass is 10.1. The van der Waals surface area contributed by atoms with Crippen LogP contribution in [0.2, 0.25) is 0 Å². The minimum atomic E-state index is -1.10. The number of anilines is 2. The van der Waals surface area contributed by atoms with Crippen LogP contribution in [-0.4, -0.2) is 52.6 Å². The Kier molecular flexibility index (Phi) is 3.82. The van der Waals surface area contributed by atoms with Gasteiger partial charge >= 0.3 is 5.97 Å². The predicted molar refractivity (Wildman–Crippen MR) is 73.9 cm³/mol. The van der Waals surface area contributed by atoms with Crippen LogP contribution in [0.25, 0.3) is 0 Å². The molecule has 2 rings (SSSR count). The first-order valence-corrected chi connectivity index (χ1v) is 6.36. The van der Waals surface area contributed by atoms with Gasteiger partial charge in [-0.15, -0.1) is 0 Å². The Balaban J connectivity index is 2.34. The van der Waals surface area contributed by atoms with Gasteiger partial charge in [0.2, 0.25) is 0 Å². The Morgan fingerprint density at radius 2 is 2.30 bits per heavy atom. The van der Waals surface area contributed by atoms with Crippen LogP contribution in [-0.2, 0) is 4.74 Å². The normalized spacial score (nSPS) is 21.8. The second kappa shape index (κ2) is 5.26. The maximum Gasteiger partial charge on any atom is 0.354 e. The van der Waals surface area contributed by atoms with Crippen LogP contribution < -0.4 is 10.6 Å². The predicted octanol–water partition coefficient (Wildman–Crippen LogP) is 0.338. The van der Waals surface area contributed by atoms with Crippen molar-refractivity contribution < 1.29 is 19.7 Å². The minimum Gasteiger partial charge on any atom is -0.477 e. The number of rotatable bonds is 3. The van der Waals surface area contributed by atoms with E-state index < -0.39 is 11.6 Å². The fraction of sp³-hybridized carbons (Fsp3) is 0.538. The zero-order valence-electron chi connectivity index (χ0n) is 11.5.